The number of nitrogen functional groups attached to an aromatic ring is 1. The van der Waals surface area contributed by atoms with Crippen molar-refractivity contribution >= 4 is 23.2 Å². The molecular weight excluding hydrogens is 302 g/mol. The molecule has 0 aromatic heterocycles. The number of rotatable bonds is 6. The number of amides is 2. The van der Waals surface area contributed by atoms with Crippen LogP contribution >= 0.6 is 0 Å². The van der Waals surface area contributed by atoms with Crippen molar-refractivity contribution < 1.29 is 9.59 Å². The van der Waals surface area contributed by atoms with Crippen LogP contribution in [0.25, 0.3) is 0 Å². The molecule has 0 aliphatic heterocycles. The molecule has 24 heavy (non-hydrogen) atoms. The van der Waals surface area contributed by atoms with Crippen molar-refractivity contribution in [2.75, 3.05) is 17.6 Å². The number of hydrogen-bond donors (Lipinski definition) is 2. The van der Waals surface area contributed by atoms with E-state index in [-0.39, 0.29) is 11.8 Å². The average Bonchev–Trinajstić information content (AvgIpc) is 2.59. The fourth-order valence-electron chi connectivity index (χ4n) is 2.46. The van der Waals surface area contributed by atoms with Crippen LogP contribution in [0.4, 0.5) is 11.4 Å². The molecule has 0 spiro atoms. The number of nitrogens with zero attached hydrogens (tertiary/aromatic N) is 1. The molecule has 0 bridgehead atoms. The molecule has 2 aromatic carbocycles. The van der Waals surface area contributed by atoms with Gasteiger partial charge in [0, 0.05) is 23.5 Å². The van der Waals surface area contributed by atoms with Gasteiger partial charge in [-0.3, -0.25) is 9.59 Å². The fourth-order valence-corrected chi connectivity index (χ4v) is 2.46. The molecule has 5 nitrogen and oxygen atoms in total. The van der Waals surface area contributed by atoms with Crippen molar-refractivity contribution in [1.82, 2.24) is 4.90 Å². The first kappa shape index (κ1) is 17.5. The lowest BCUT2D eigenvalue weighted by Gasteiger charge is -2.28. The molecule has 2 aromatic rings. The van der Waals surface area contributed by atoms with Gasteiger partial charge in [-0.25, -0.2) is 0 Å². The van der Waals surface area contributed by atoms with E-state index in [9.17, 15) is 9.59 Å². The molecule has 2 rings (SSSR count). The molecule has 0 saturated carbocycles. The van der Waals surface area contributed by atoms with Crippen LogP contribution in [0.1, 0.15) is 30.6 Å². The maximum atomic E-state index is 12.8. The summed E-state index contributed by atoms with van der Waals surface area (Å²) in [6.45, 7) is 4.20. The first-order valence-corrected chi connectivity index (χ1v) is 8.05. The summed E-state index contributed by atoms with van der Waals surface area (Å²) in [7, 11) is 0. The van der Waals surface area contributed by atoms with E-state index >= 15 is 0 Å². The zero-order valence-electron chi connectivity index (χ0n) is 14.0. The van der Waals surface area contributed by atoms with Crippen LogP contribution < -0.4 is 11.1 Å². The average molecular weight is 325 g/mol. The van der Waals surface area contributed by atoms with Gasteiger partial charge in [0.1, 0.15) is 6.04 Å². The Kier molecular flexibility index (Phi) is 5.95. The molecule has 0 heterocycles. The number of anilines is 2. The molecule has 0 saturated heterocycles. The summed E-state index contributed by atoms with van der Waals surface area (Å²) in [5.74, 6) is -0.410. The minimum Gasteiger partial charge on any atom is -0.399 e. The zero-order valence-corrected chi connectivity index (χ0v) is 14.0. The topological polar surface area (TPSA) is 75.4 Å². The molecule has 2 amide bonds. The number of benzene rings is 2. The first-order chi connectivity index (χ1) is 11.5. The maximum absolute atomic E-state index is 12.8. The number of carbonyl (C=O) groups excluding carboxylic acids is 2. The first-order valence-electron chi connectivity index (χ1n) is 8.05. The van der Waals surface area contributed by atoms with Gasteiger partial charge in [-0.1, -0.05) is 31.2 Å². The molecule has 0 radical (unpaired) electrons. The predicted octanol–water partition coefficient (Wildman–Crippen LogP) is 3.15. The van der Waals surface area contributed by atoms with Crippen LogP contribution in [0, 0.1) is 0 Å². The zero-order chi connectivity index (χ0) is 17.5. The Balaban J connectivity index is 2.16. The molecule has 0 aliphatic carbocycles. The highest BCUT2D eigenvalue weighted by atomic mass is 16.2. The third-order valence-electron chi connectivity index (χ3n) is 3.75. The Morgan fingerprint density at radius 1 is 1.12 bits per heavy atom. The lowest BCUT2D eigenvalue weighted by atomic mass is 10.1. The quantitative estimate of drug-likeness (QED) is 0.801. The highest BCUT2D eigenvalue weighted by Gasteiger charge is 2.26. The Bertz CT molecular complexity index is 701. The van der Waals surface area contributed by atoms with Gasteiger partial charge in [0.25, 0.3) is 5.91 Å². The molecule has 5 heteroatoms. The van der Waals surface area contributed by atoms with Crippen LogP contribution in [0.2, 0.25) is 0 Å². The molecule has 126 valence electrons. The normalized spacial score (nSPS) is 11.6. The van der Waals surface area contributed by atoms with Crippen LogP contribution in [0.15, 0.2) is 54.6 Å². The Hall–Kier alpha value is -2.82. The van der Waals surface area contributed by atoms with Gasteiger partial charge in [0.2, 0.25) is 5.91 Å². The van der Waals surface area contributed by atoms with Crippen LogP contribution in [0.3, 0.4) is 0 Å². The maximum Gasteiger partial charge on any atom is 0.254 e. The van der Waals surface area contributed by atoms with Gasteiger partial charge in [0.15, 0.2) is 0 Å². The summed E-state index contributed by atoms with van der Waals surface area (Å²) in [6.07, 6.45) is 0.761. The lowest BCUT2D eigenvalue weighted by Crippen LogP contribution is -2.46. The van der Waals surface area contributed by atoms with E-state index in [4.69, 9.17) is 5.73 Å². The molecule has 3 N–H and O–H groups in total. The van der Waals surface area contributed by atoms with E-state index in [1.807, 2.05) is 37.3 Å². The second-order valence-electron chi connectivity index (χ2n) is 5.66. The summed E-state index contributed by atoms with van der Waals surface area (Å²) < 4.78 is 0. The van der Waals surface area contributed by atoms with Crippen LogP contribution in [-0.2, 0) is 4.79 Å². The van der Waals surface area contributed by atoms with E-state index in [0.717, 1.165) is 6.42 Å². The van der Waals surface area contributed by atoms with Gasteiger partial charge < -0.3 is 16.0 Å². The fraction of sp³-hybridized carbons (Fsp3) is 0.263. The summed E-state index contributed by atoms with van der Waals surface area (Å²) in [5, 5.41) is 2.84. The summed E-state index contributed by atoms with van der Waals surface area (Å²) >= 11 is 0. The minimum absolute atomic E-state index is 0.195. The largest absolute Gasteiger partial charge is 0.399 e. The molecule has 0 fully saturated rings. The second-order valence-corrected chi connectivity index (χ2v) is 5.66. The van der Waals surface area contributed by atoms with Crippen molar-refractivity contribution in [2.45, 2.75) is 26.3 Å². The minimum atomic E-state index is -0.584. The van der Waals surface area contributed by atoms with Gasteiger partial charge in [-0.15, -0.1) is 0 Å². The standard InChI is InChI=1S/C19H23N3O2/c1-3-12-22(19(24)15-8-7-9-16(20)13-15)14(2)18(23)21-17-10-5-4-6-11-17/h4-11,13-14H,3,12,20H2,1-2H3,(H,21,23). The third-order valence-corrected chi connectivity index (χ3v) is 3.75. The van der Waals surface area contributed by atoms with E-state index in [0.29, 0.717) is 23.5 Å². The Labute approximate surface area is 142 Å². The Morgan fingerprint density at radius 2 is 1.83 bits per heavy atom. The lowest BCUT2D eigenvalue weighted by molar-refractivity contribution is -0.120. The number of carbonyl (C=O) groups is 2. The molecule has 0 aliphatic rings. The van der Waals surface area contributed by atoms with Gasteiger partial charge in [-0.2, -0.15) is 0 Å². The number of hydrogen-bond acceptors (Lipinski definition) is 3. The Morgan fingerprint density at radius 3 is 2.46 bits per heavy atom. The summed E-state index contributed by atoms with van der Waals surface area (Å²) in [6, 6.07) is 15.4. The van der Waals surface area contributed by atoms with E-state index in [1.54, 1.807) is 36.1 Å². The number of para-hydroxylation sites is 1. The van der Waals surface area contributed by atoms with Crippen molar-refractivity contribution in [3.05, 3.63) is 60.2 Å². The summed E-state index contributed by atoms with van der Waals surface area (Å²) in [4.78, 5) is 26.9. The van der Waals surface area contributed by atoms with Crippen molar-refractivity contribution in [1.29, 1.82) is 0 Å². The van der Waals surface area contributed by atoms with Crippen LogP contribution in [0.5, 0.6) is 0 Å². The highest BCUT2D eigenvalue weighted by Crippen LogP contribution is 2.14. The predicted molar refractivity (Wildman–Crippen MR) is 96.7 cm³/mol. The molecular formula is C19H23N3O2. The monoisotopic (exact) mass is 325 g/mol. The van der Waals surface area contributed by atoms with Crippen molar-refractivity contribution in [2.24, 2.45) is 0 Å². The molecule has 1 unspecified atom stereocenters. The van der Waals surface area contributed by atoms with Crippen molar-refractivity contribution in [3.8, 4) is 0 Å². The van der Waals surface area contributed by atoms with Gasteiger partial charge in [-0.05, 0) is 43.7 Å². The second kappa shape index (κ2) is 8.15. The summed E-state index contributed by atoms with van der Waals surface area (Å²) in [5.41, 5.74) is 7.48. The van der Waals surface area contributed by atoms with Crippen molar-refractivity contribution in [3.63, 3.8) is 0 Å². The van der Waals surface area contributed by atoms with Crippen LogP contribution in [-0.4, -0.2) is 29.3 Å². The smallest absolute Gasteiger partial charge is 0.254 e. The SMILES string of the molecule is CCCN(C(=O)c1cccc(N)c1)C(C)C(=O)Nc1ccccc1. The third kappa shape index (κ3) is 4.35. The molecule has 1 atom stereocenters. The van der Waals surface area contributed by atoms with E-state index in [2.05, 4.69) is 5.32 Å². The van der Waals surface area contributed by atoms with E-state index in [1.165, 1.54) is 0 Å². The van der Waals surface area contributed by atoms with Gasteiger partial charge >= 0.3 is 0 Å². The van der Waals surface area contributed by atoms with E-state index < -0.39 is 6.04 Å². The number of nitrogens with two attached hydrogens (primary N) is 1. The highest BCUT2D eigenvalue weighted by molar-refractivity contribution is 6.01. The number of nitrogens with one attached hydrogen (secondary N) is 1. The van der Waals surface area contributed by atoms with Gasteiger partial charge in [0.05, 0.1) is 0 Å².